The second-order valence-corrected chi connectivity index (χ2v) is 5.57. The molecular formula is C11H12O2S. The number of hydrogen-bond donors (Lipinski definition) is 0. The van der Waals surface area contributed by atoms with Gasteiger partial charge in [-0.3, -0.25) is 0 Å². The van der Waals surface area contributed by atoms with E-state index >= 15 is 0 Å². The monoisotopic (exact) mass is 208 g/mol. The minimum Gasteiger partial charge on any atom is -0.224 e. The van der Waals surface area contributed by atoms with E-state index in [-0.39, 0.29) is 5.75 Å². The lowest BCUT2D eigenvalue weighted by Gasteiger charge is -2.06. The van der Waals surface area contributed by atoms with Crippen molar-refractivity contribution < 1.29 is 8.42 Å². The van der Waals surface area contributed by atoms with E-state index in [1.54, 1.807) is 12.1 Å². The molecule has 0 fully saturated rings. The summed E-state index contributed by atoms with van der Waals surface area (Å²) < 4.78 is 23.6. The maximum Gasteiger partial charge on any atom is 0.179 e. The highest BCUT2D eigenvalue weighted by molar-refractivity contribution is 7.91. The summed E-state index contributed by atoms with van der Waals surface area (Å²) >= 11 is 0. The number of hydrogen-bond acceptors (Lipinski definition) is 2. The fourth-order valence-corrected chi connectivity index (χ4v) is 3.21. The van der Waals surface area contributed by atoms with E-state index in [0.29, 0.717) is 11.3 Å². The standard InChI is InChI=1S/C11H12O2S/c1-9-5-4-8-14(12,13)11-7-3-2-6-10(9)11/h2-3,5-7H,4,8H2,1H3. The van der Waals surface area contributed by atoms with Crippen LogP contribution in [0.4, 0.5) is 0 Å². The summed E-state index contributed by atoms with van der Waals surface area (Å²) in [5.74, 6) is 0.224. The quantitative estimate of drug-likeness (QED) is 0.655. The Balaban J connectivity index is 2.74. The molecule has 1 aliphatic heterocycles. The van der Waals surface area contributed by atoms with Crippen molar-refractivity contribution >= 4 is 15.4 Å². The third-order valence-electron chi connectivity index (χ3n) is 2.48. The Morgan fingerprint density at radius 2 is 1.93 bits per heavy atom. The lowest BCUT2D eigenvalue weighted by Crippen LogP contribution is -2.06. The molecule has 0 spiro atoms. The summed E-state index contributed by atoms with van der Waals surface area (Å²) in [5, 5.41) is 0. The molecule has 2 rings (SSSR count). The highest BCUT2D eigenvalue weighted by Gasteiger charge is 2.20. The van der Waals surface area contributed by atoms with Crippen molar-refractivity contribution in [1.29, 1.82) is 0 Å². The van der Waals surface area contributed by atoms with Gasteiger partial charge in [-0.15, -0.1) is 0 Å². The van der Waals surface area contributed by atoms with Gasteiger partial charge >= 0.3 is 0 Å². The Hall–Kier alpha value is -1.09. The Morgan fingerprint density at radius 3 is 2.71 bits per heavy atom. The summed E-state index contributed by atoms with van der Waals surface area (Å²) in [6, 6.07) is 7.20. The smallest absolute Gasteiger partial charge is 0.179 e. The molecule has 2 nitrogen and oxygen atoms in total. The van der Waals surface area contributed by atoms with Crippen molar-refractivity contribution in [3.05, 3.63) is 35.9 Å². The summed E-state index contributed by atoms with van der Waals surface area (Å²) in [6.07, 6.45) is 2.60. The van der Waals surface area contributed by atoms with Crippen LogP contribution in [0.1, 0.15) is 18.9 Å². The SMILES string of the molecule is CC1=CCCS(=O)(=O)c2ccccc21. The average Bonchev–Trinajstić information content (AvgIpc) is 2.27. The maximum atomic E-state index is 11.8. The second kappa shape index (κ2) is 3.24. The summed E-state index contributed by atoms with van der Waals surface area (Å²) in [7, 11) is -3.06. The van der Waals surface area contributed by atoms with Crippen LogP contribution in [0.15, 0.2) is 35.2 Å². The lowest BCUT2D eigenvalue weighted by atomic mass is 10.1. The van der Waals surface area contributed by atoms with Crippen molar-refractivity contribution in [2.75, 3.05) is 5.75 Å². The van der Waals surface area contributed by atoms with Gasteiger partial charge in [-0.05, 0) is 30.5 Å². The van der Waals surface area contributed by atoms with Crippen molar-refractivity contribution in [3.63, 3.8) is 0 Å². The van der Waals surface area contributed by atoms with Crippen LogP contribution < -0.4 is 0 Å². The zero-order valence-corrected chi connectivity index (χ0v) is 8.84. The maximum absolute atomic E-state index is 11.8. The first kappa shape index (κ1) is 9.46. The van der Waals surface area contributed by atoms with Crippen molar-refractivity contribution in [2.24, 2.45) is 0 Å². The van der Waals surface area contributed by atoms with E-state index in [1.165, 1.54) is 0 Å². The molecule has 0 saturated carbocycles. The van der Waals surface area contributed by atoms with E-state index < -0.39 is 9.84 Å². The Bertz CT molecular complexity index is 484. The van der Waals surface area contributed by atoms with Gasteiger partial charge in [0.25, 0.3) is 0 Å². The fraction of sp³-hybridized carbons (Fsp3) is 0.273. The highest BCUT2D eigenvalue weighted by atomic mass is 32.2. The van der Waals surface area contributed by atoms with Gasteiger partial charge in [0, 0.05) is 0 Å². The van der Waals surface area contributed by atoms with Crippen LogP contribution in [0.3, 0.4) is 0 Å². The molecule has 0 amide bonds. The molecular weight excluding hydrogens is 196 g/mol. The van der Waals surface area contributed by atoms with Gasteiger partial charge in [0.15, 0.2) is 9.84 Å². The van der Waals surface area contributed by atoms with Crippen LogP contribution in [0.5, 0.6) is 0 Å². The molecule has 0 aromatic heterocycles. The van der Waals surface area contributed by atoms with Crippen LogP contribution in [-0.4, -0.2) is 14.2 Å². The number of sulfone groups is 1. The van der Waals surface area contributed by atoms with Gasteiger partial charge in [-0.25, -0.2) is 8.42 Å². The molecule has 0 bridgehead atoms. The van der Waals surface area contributed by atoms with Gasteiger partial charge in [0.05, 0.1) is 10.6 Å². The molecule has 1 aromatic rings. The van der Waals surface area contributed by atoms with Crippen LogP contribution in [0.2, 0.25) is 0 Å². The number of fused-ring (bicyclic) bond motifs is 1. The van der Waals surface area contributed by atoms with E-state index in [4.69, 9.17) is 0 Å². The number of allylic oxidation sites excluding steroid dienone is 2. The summed E-state index contributed by atoms with van der Waals surface area (Å²) in [6.45, 7) is 1.96. The molecule has 1 aromatic carbocycles. The van der Waals surface area contributed by atoms with Gasteiger partial charge < -0.3 is 0 Å². The average molecular weight is 208 g/mol. The number of rotatable bonds is 0. The van der Waals surface area contributed by atoms with Crippen LogP contribution >= 0.6 is 0 Å². The van der Waals surface area contributed by atoms with Crippen molar-refractivity contribution in [2.45, 2.75) is 18.2 Å². The molecule has 14 heavy (non-hydrogen) atoms. The summed E-state index contributed by atoms with van der Waals surface area (Å²) in [4.78, 5) is 0.478. The van der Waals surface area contributed by atoms with Crippen molar-refractivity contribution in [3.8, 4) is 0 Å². The molecule has 74 valence electrons. The minimum absolute atomic E-state index is 0.224. The van der Waals surface area contributed by atoms with Gasteiger partial charge in [-0.1, -0.05) is 24.3 Å². The first-order valence-electron chi connectivity index (χ1n) is 4.60. The normalized spacial score (nSPS) is 19.4. The molecule has 0 aliphatic carbocycles. The summed E-state index contributed by atoms with van der Waals surface area (Å²) in [5.41, 5.74) is 1.91. The molecule has 1 heterocycles. The first-order chi connectivity index (χ1) is 6.61. The highest BCUT2D eigenvalue weighted by Crippen LogP contribution is 2.27. The molecule has 1 aliphatic rings. The third-order valence-corrected chi connectivity index (χ3v) is 4.28. The molecule has 0 saturated heterocycles. The topological polar surface area (TPSA) is 34.1 Å². The van der Waals surface area contributed by atoms with Gasteiger partial charge in [0.2, 0.25) is 0 Å². The largest absolute Gasteiger partial charge is 0.224 e. The zero-order chi connectivity index (χ0) is 10.2. The van der Waals surface area contributed by atoms with E-state index in [0.717, 1.165) is 11.1 Å². The minimum atomic E-state index is -3.06. The predicted molar refractivity (Wildman–Crippen MR) is 56.8 cm³/mol. The molecule has 0 atom stereocenters. The molecule has 0 unspecified atom stereocenters. The van der Waals surface area contributed by atoms with Crippen LogP contribution in [0, 0.1) is 0 Å². The zero-order valence-electron chi connectivity index (χ0n) is 8.03. The van der Waals surface area contributed by atoms with E-state index in [1.807, 2.05) is 25.1 Å². The number of benzene rings is 1. The Labute approximate surface area is 84.2 Å². The Morgan fingerprint density at radius 1 is 1.21 bits per heavy atom. The van der Waals surface area contributed by atoms with Gasteiger partial charge in [-0.2, -0.15) is 0 Å². The second-order valence-electron chi connectivity index (χ2n) is 3.49. The van der Waals surface area contributed by atoms with Gasteiger partial charge in [0.1, 0.15) is 0 Å². The Kier molecular flexibility index (Phi) is 2.19. The van der Waals surface area contributed by atoms with E-state index in [2.05, 4.69) is 0 Å². The van der Waals surface area contributed by atoms with Crippen LogP contribution in [0.25, 0.3) is 5.57 Å². The fourth-order valence-electron chi connectivity index (χ4n) is 1.71. The third kappa shape index (κ3) is 1.48. The van der Waals surface area contributed by atoms with Crippen LogP contribution in [-0.2, 0) is 9.84 Å². The molecule has 0 radical (unpaired) electrons. The predicted octanol–water partition coefficient (Wildman–Crippen LogP) is 2.27. The molecule has 0 N–H and O–H groups in total. The van der Waals surface area contributed by atoms with E-state index in [9.17, 15) is 8.42 Å². The lowest BCUT2D eigenvalue weighted by molar-refractivity contribution is 0.596. The first-order valence-corrected chi connectivity index (χ1v) is 6.25. The van der Waals surface area contributed by atoms with Crippen molar-refractivity contribution in [1.82, 2.24) is 0 Å². The molecule has 3 heteroatoms.